The summed E-state index contributed by atoms with van der Waals surface area (Å²) in [6.07, 6.45) is 3.05. The molecule has 1 aliphatic rings. The highest BCUT2D eigenvalue weighted by Gasteiger charge is 2.28. The molecular formula is C20H22N4O5. The van der Waals surface area contributed by atoms with Crippen molar-refractivity contribution in [3.8, 4) is 23.1 Å². The number of nitrogens with one attached hydrogen (secondary N) is 1. The first kappa shape index (κ1) is 18.9. The van der Waals surface area contributed by atoms with Gasteiger partial charge in [0.25, 0.3) is 5.89 Å². The Balaban J connectivity index is 1.35. The Bertz CT molecular complexity index is 939. The summed E-state index contributed by atoms with van der Waals surface area (Å²) in [6, 6.07) is 8.64. The van der Waals surface area contributed by atoms with Gasteiger partial charge in [-0.15, -0.1) is 10.2 Å². The molecule has 0 atom stereocenters. The average Bonchev–Trinajstić information content (AvgIpc) is 3.45. The molecule has 0 aliphatic carbocycles. The number of anilines is 1. The zero-order valence-electron chi connectivity index (χ0n) is 16.3. The standard InChI is InChI=1S/C20H22N4O5/c1-26-15-10-14(11-16(12-15)27-2)21-20(25)24-7-5-13(6-8-24)18-22-23-19(29-18)17-4-3-9-28-17/h3-4,9-13H,5-8H2,1-2H3,(H,21,25). The number of carbonyl (C=O) groups excluding carboxylic acids is 1. The fourth-order valence-electron chi connectivity index (χ4n) is 3.31. The van der Waals surface area contributed by atoms with E-state index in [1.807, 2.05) is 0 Å². The largest absolute Gasteiger partial charge is 0.497 e. The summed E-state index contributed by atoms with van der Waals surface area (Å²) in [5, 5.41) is 11.1. The first-order valence-electron chi connectivity index (χ1n) is 9.32. The van der Waals surface area contributed by atoms with E-state index in [0.717, 1.165) is 12.8 Å². The molecule has 0 saturated carbocycles. The number of hydrogen-bond donors (Lipinski definition) is 1. The molecule has 1 aromatic carbocycles. The quantitative estimate of drug-likeness (QED) is 0.698. The molecule has 0 bridgehead atoms. The number of ether oxygens (including phenoxy) is 2. The number of rotatable bonds is 5. The van der Waals surface area contributed by atoms with Crippen molar-refractivity contribution in [3.05, 3.63) is 42.5 Å². The minimum absolute atomic E-state index is 0.118. The van der Waals surface area contributed by atoms with E-state index in [0.29, 0.717) is 47.8 Å². The second-order valence-electron chi connectivity index (χ2n) is 6.72. The lowest BCUT2D eigenvalue weighted by molar-refractivity contribution is 0.190. The molecule has 0 radical (unpaired) electrons. The number of methoxy groups -OCH3 is 2. The van der Waals surface area contributed by atoms with Crippen LogP contribution in [0.1, 0.15) is 24.7 Å². The number of hydrogen-bond acceptors (Lipinski definition) is 7. The van der Waals surface area contributed by atoms with E-state index in [1.165, 1.54) is 0 Å². The van der Waals surface area contributed by atoms with Gasteiger partial charge in [0.1, 0.15) is 11.5 Å². The highest BCUT2D eigenvalue weighted by molar-refractivity contribution is 5.90. The van der Waals surface area contributed by atoms with Gasteiger partial charge < -0.3 is 28.5 Å². The lowest BCUT2D eigenvalue weighted by atomic mass is 9.97. The third-order valence-electron chi connectivity index (χ3n) is 4.91. The van der Waals surface area contributed by atoms with Gasteiger partial charge in [0.2, 0.25) is 5.89 Å². The van der Waals surface area contributed by atoms with Crippen molar-refractivity contribution in [3.63, 3.8) is 0 Å². The van der Waals surface area contributed by atoms with Gasteiger partial charge in [-0.05, 0) is 25.0 Å². The van der Waals surface area contributed by atoms with Gasteiger partial charge in [0, 0.05) is 42.9 Å². The molecule has 1 saturated heterocycles. The Morgan fingerprint density at radius 3 is 2.48 bits per heavy atom. The molecule has 3 heterocycles. The number of aromatic nitrogens is 2. The van der Waals surface area contributed by atoms with Crippen molar-refractivity contribution < 1.29 is 23.1 Å². The van der Waals surface area contributed by atoms with Crippen molar-refractivity contribution in [1.29, 1.82) is 0 Å². The molecular weight excluding hydrogens is 376 g/mol. The van der Waals surface area contributed by atoms with Gasteiger partial charge in [0.05, 0.1) is 20.5 Å². The zero-order valence-corrected chi connectivity index (χ0v) is 16.3. The lowest BCUT2D eigenvalue weighted by Crippen LogP contribution is -2.40. The number of likely N-dealkylation sites (tertiary alicyclic amines) is 1. The minimum Gasteiger partial charge on any atom is -0.497 e. The summed E-state index contributed by atoms with van der Waals surface area (Å²) >= 11 is 0. The van der Waals surface area contributed by atoms with Crippen molar-refractivity contribution in [1.82, 2.24) is 15.1 Å². The number of benzene rings is 1. The van der Waals surface area contributed by atoms with Gasteiger partial charge in [-0.25, -0.2) is 4.79 Å². The van der Waals surface area contributed by atoms with Crippen LogP contribution in [0, 0.1) is 0 Å². The van der Waals surface area contributed by atoms with Gasteiger partial charge in [-0.1, -0.05) is 0 Å². The van der Waals surface area contributed by atoms with E-state index < -0.39 is 0 Å². The lowest BCUT2D eigenvalue weighted by Gasteiger charge is -2.30. The Kier molecular flexibility index (Phi) is 5.37. The molecule has 2 amide bonds. The average molecular weight is 398 g/mol. The summed E-state index contributed by atoms with van der Waals surface area (Å²) in [6.45, 7) is 1.19. The van der Waals surface area contributed by atoms with E-state index in [-0.39, 0.29) is 11.9 Å². The van der Waals surface area contributed by atoms with Crippen LogP contribution in [0.25, 0.3) is 11.7 Å². The van der Waals surface area contributed by atoms with Gasteiger partial charge in [-0.3, -0.25) is 0 Å². The molecule has 1 N–H and O–H groups in total. The predicted octanol–water partition coefficient (Wildman–Crippen LogP) is 3.76. The smallest absolute Gasteiger partial charge is 0.321 e. The summed E-state index contributed by atoms with van der Waals surface area (Å²) in [5.41, 5.74) is 0.619. The van der Waals surface area contributed by atoms with Gasteiger partial charge >= 0.3 is 6.03 Å². The Morgan fingerprint density at radius 1 is 1.14 bits per heavy atom. The normalized spacial score (nSPS) is 14.6. The third kappa shape index (κ3) is 4.18. The van der Waals surface area contributed by atoms with Crippen LogP contribution in [0.4, 0.5) is 10.5 Å². The SMILES string of the molecule is COc1cc(NC(=O)N2CCC(c3nnc(-c4ccco4)o3)CC2)cc(OC)c1. The third-order valence-corrected chi connectivity index (χ3v) is 4.91. The minimum atomic E-state index is -0.166. The number of amides is 2. The van der Waals surface area contributed by atoms with Crippen LogP contribution in [0.3, 0.4) is 0 Å². The van der Waals surface area contributed by atoms with Crippen molar-refractivity contribution >= 4 is 11.7 Å². The number of furan rings is 1. The fraction of sp³-hybridized carbons (Fsp3) is 0.350. The van der Waals surface area contributed by atoms with Crippen molar-refractivity contribution in [2.75, 3.05) is 32.6 Å². The molecule has 29 heavy (non-hydrogen) atoms. The number of piperidine rings is 1. The summed E-state index contributed by atoms with van der Waals surface area (Å²) in [4.78, 5) is 14.4. The molecule has 9 nitrogen and oxygen atoms in total. The van der Waals surface area contributed by atoms with E-state index in [9.17, 15) is 4.79 Å². The second-order valence-corrected chi connectivity index (χ2v) is 6.72. The molecule has 1 aliphatic heterocycles. The molecule has 0 unspecified atom stereocenters. The van der Waals surface area contributed by atoms with E-state index in [4.69, 9.17) is 18.3 Å². The van der Waals surface area contributed by atoms with Crippen LogP contribution in [-0.4, -0.2) is 48.4 Å². The van der Waals surface area contributed by atoms with E-state index in [1.54, 1.807) is 55.7 Å². The van der Waals surface area contributed by atoms with Crippen molar-refractivity contribution in [2.24, 2.45) is 0 Å². The van der Waals surface area contributed by atoms with Gasteiger partial charge in [-0.2, -0.15) is 0 Å². The van der Waals surface area contributed by atoms with E-state index in [2.05, 4.69) is 15.5 Å². The van der Waals surface area contributed by atoms with Crippen LogP contribution >= 0.6 is 0 Å². The zero-order chi connectivity index (χ0) is 20.2. The van der Waals surface area contributed by atoms with E-state index >= 15 is 0 Å². The first-order valence-corrected chi connectivity index (χ1v) is 9.32. The molecule has 152 valence electrons. The number of urea groups is 1. The summed E-state index contributed by atoms with van der Waals surface area (Å²) in [7, 11) is 3.14. The molecule has 0 spiro atoms. The highest BCUT2D eigenvalue weighted by Crippen LogP contribution is 2.30. The predicted molar refractivity (Wildman–Crippen MR) is 104 cm³/mol. The Hall–Kier alpha value is -3.49. The molecule has 1 fully saturated rings. The maximum Gasteiger partial charge on any atom is 0.321 e. The number of carbonyl (C=O) groups is 1. The Labute approximate surface area is 167 Å². The highest BCUT2D eigenvalue weighted by atomic mass is 16.5. The first-order chi connectivity index (χ1) is 14.2. The van der Waals surface area contributed by atoms with Crippen LogP contribution in [0.2, 0.25) is 0 Å². The number of nitrogens with zero attached hydrogens (tertiary/aromatic N) is 3. The van der Waals surface area contributed by atoms with Crippen LogP contribution in [0.15, 0.2) is 45.4 Å². The molecule has 9 heteroatoms. The fourth-order valence-corrected chi connectivity index (χ4v) is 3.31. The van der Waals surface area contributed by atoms with Gasteiger partial charge in [0.15, 0.2) is 5.76 Å². The maximum atomic E-state index is 12.6. The molecule has 4 rings (SSSR count). The molecule has 3 aromatic rings. The molecule has 2 aromatic heterocycles. The van der Waals surface area contributed by atoms with Crippen LogP contribution in [-0.2, 0) is 0 Å². The van der Waals surface area contributed by atoms with Crippen LogP contribution < -0.4 is 14.8 Å². The summed E-state index contributed by atoms with van der Waals surface area (Å²) < 4.78 is 21.5. The summed E-state index contributed by atoms with van der Waals surface area (Å²) in [5.74, 6) is 2.84. The van der Waals surface area contributed by atoms with Crippen molar-refractivity contribution in [2.45, 2.75) is 18.8 Å². The topological polar surface area (TPSA) is 103 Å². The van der Waals surface area contributed by atoms with Crippen LogP contribution in [0.5, 0.6) is 11.5 Å². The Morgan fingerprint density at radius 2 is 1.86 bits per heavy atom. The monoisotopic (exact) mass is 398 g/mol. The maximum absolute atomic E-state index is 12.6. The second kappa shape index (κ2) is 8.26.